The van der Waals surface area contributed by atoms with E-state index in [1.165, 1.54) is 12.1 Å². The van der Waals surface area contributed by atoms with E-state index in [4.69, 9.17) is 4.74 Å². The van der Waals surface area contributed by atoms with E-state index in [0.29, 0.717) is 24.6 Å². The lowest BCUT2D eigenvalue weighted by Crippen LogP contribution is -2.26. The molecule has 0 heterocycles. The third-order valence-corrected chi connectivity index (χ3v) is 6.57. The number of ether oxygens (including phenoxy) is 1. The number of nitro groups is 1. The van der Waals surface area contributed by atoms with E-state index in [2.05, 4.69) is 17.2 Å². The Bertz CT molecular complexity index is 1320. The number of non-ortho nitro benzene ring substituents is 1. The van der Waals surface area contributed by atoms with Gasteiger partial charge in [0, 0.05) is 24.2 Å². The van der Waals surface area contributed by atoms with Crippen molar-refractivity contribution in [3.05, 3.63) is 124 Å². The number of nitrogens with zero attached hydrogens (tertiary/aromatic N) is 3. The first-order valence-electron chi connectivity index (χ1n) is 12.3. The van der Waals surface area contributed by atoms with Gasteiger partial charge in [0.05, 0.1) is 22.9 Å². The molecule has 8 nitrogen and oxygen atoms in total. The summed E-state index contributed by atoms with van der Waals surface area (Å²) < 4.78 is 6.00. The van der Waals surface area contributed by atoms with Gasteiger partial charge in [-0.1, -0.05) is 43.3 Å². The molecule has 8 heteroatoms. The van der Waals surface area contributed by atoms with Crippen LogP contribution in [0.15, 0.2) is 107 Å². The summed E-state index contributed by atoms with van der Waals surface area (Å²) in [4.78, 5) is 10.3. The number of phenolic OH excluding ortho intramolecular Hbond substituents is 2. The maximum Gasteiger partial charge on any atom is 0.269 e. The van der Waals surface area contributed by atoms with Crippen molar-refractivity contribution in [3.8, 4) is 11.5 Å². The van der Waals surface area contributed by atoms with E-state index in [9.17, 15) is 20.3 Å². The molecule has 0 radical (unpaired) electrons. The molecule has 0 aliphatic carbocycles. The number of rotatable bonds is 11. The molecule has 0 aromatic heterocycles. The maximum atomic E-state index is 10.7. The van der Waals surface area contributed by atoms with Crippen LogP contribution in [0, 0.1) is 10.1 Å². The monoisotopic (exact) mass is 511 g/mol. The van der Waals surface area contributed by atoms with Gasteiger partial charge in [0.2, 0.25) is 0 Å². The Morgan fingerprint density at radius 2 is 1.21 bits per heavy atom. The number of aromatic hydroxyl groups is 2. The van der Waals surface area contributed by atoms with Crippen LogP contribution in [-0.2, 0) is 16.6 Å². The molecule has 38 heavy (non-hydrogen) atoms. The fraction of sp³-hybridized carbons (Fsp3) is 0.200. The van der Waals surface area contributed by atoms with Gasteiger partial charge in [0.1, 0.15) is 11.5 Å². The SMILES string of the molecule is CC(CCOCCc1ccc(N=Nc2ccc([N+](=O)[O-])cc2)cc1)(c1ccc(O)cc1)c1ccc(O)cc1. The average molecular weight is 512 g/mol. The standard InChI is InChI=1S/C30H29N3O5/c1-30(23-4-14-28(34)15-5-23,24-6-16-29(35)17-7-24)19-21-38-20-18-22-2-8-25(9-3-22)31-32-26-10-12-27(13-11-26)33(36)37/h2-17,34-35H,18-21H2,1H3. The summed E-state index contributed by atoms with van der Waals surface area (Å²) in [7, 11) is 0. The van der Waals surface area contributed by atoms with E-state index >= 15 is 0 Å². The van der Waals surface area contributed by atoms with Crippen molar-refractivity contribution in [2.75, 3.05) is 13.2 Å². The number of nitro benzene ring substituents is 1. The molecule has 0 unspecified atom stereocenters. The summed E-state index contributed by atoms with van der Waals surface area (Å²) in [5.41, 5.74) is 4.12. The largest absolute Gasteiger partial charge is 0.508 e. The highest BCUT2D eigenvalue weighted by Crippen LogP contribution is 2.36. The summed E-state index contributed by atoms with van der Waals surface area (Å²) in [5.74, 6) is 0.439. The number of hydrogen-bond acceptors (Lipinski definition) is 7. The summed E-state index contributed by atoms with van der Waals surface area (Å²) in [6, 6.07) is 28.0. The van der Waals surface area contributed by atoms with Crippen LogP contribution in [0.3, 0.4) is 0 Å². The Labute approximate surface area is 221 Å². The molecule has 0 bridgehead atoms. The van der Waals surface area contributed by atoms with Crippen LogP contribution in [-0.4, -0.2) is 28.4 Å². The smallest absolute Gasteiger partial charge is 0.269 e. The number of hydrogen-bond donors (Lipinski definition) is 2. The van der Waals surface area contributed by atoms with Crippen LogP contribution in [0.5, 0.6) is 11.5 Å². The third-order valence-electron chi connectivity index (χ3n) is 6.57. The van der Waals surface area contributed by atoms with Crippen molar-refractivity contribution < 1.29 is 19.9 Å². The molecule has 0 saturated carbocycles. The molecule has 4 aromatic carbocycles. The molecular formula is C30H29N3O5. The Hall–Kier alpha value is -4.56. The lowest BCUT2D eigenvalue weighted by Gasteiger charge is -2.31. The van der Waals surface area contributed by atoms with Gasteiger partial charge < -0.3 is 14.9 Å². The lowest BCUT2D eigenvalue weighted by molar-refractivity contribution is -0.384. The van der Waals surface area contributed by atoms with Gasteiger partial charge in [0.25, 0.3) is 5.69 Å². The molecule has 0 aliphatic heterocycles. The van der Waals surface area contributed by atoms with E-state index in [1.807, 2.05) is 48.5 Å². The van der Waals surface area contributed by atoms with Gasteiger partial charge in [-0.3, -0.25) is 10.1 Å². The lowest BCUT2D eigenvalue weighted by atomic mass is 9.74. The molecule has 194 valence electrons. The average Bonchev–Trinajstić information content (AvgIpc) is 2.93. The highest BCUT2D eigenvalue weighted by molar-refractivity contribution is 5.45. The summed E-state index contributed by atoms with van der Waals surface area (Å²) in [6.45, 7) is 3.24. The first-order chi connectivity index (χ1) is 18.3. The van der Waals surface area contributed by atoms with Crippen molar-refractivity contribution in [3.63, 3.8) is 0 Å². The molecule has 4 rings (SSSR count). The molecule has 0 aliphatic rings. The van der Waals surface area contributed by atoms with E-state index in [-0.39, 0.29) is 22.6 Å². The number of azo groups is 1. The fourth-order valence-electron chi connectivity index (χ4n) is 4.17. The highest BCUT2D eigenvalue weighted by atomic mass is 16.6. The zero-order valence-electron chi connectivity index (χ0n) is 21.0. The van der Waals surface area contributed by atoms with Crippen LogP contribution >= 0.6 is 0 Å². The Kier molecular flexibility index (Phi) is 8.45. The second-order valence-electron chi connectivity index (χ2n) is 9.18. The van der Waals surface area contributed by atoms with Crippen molar-refractivity contribution in [2.24, 2.45) is 10.2 Å². The molecular weight excluding hydrogens is 482 g/mol. The van der Waals surface area contributed by atoms with Gasteiger partial charge >= 0.3 is 0 Å². The third kappa shape index (κ3) is 6.80. The Balaban J connectivity index is 1.30. The van der Waals surface area contributed by atoms with Crippen LogP contribution in [0.1, 0.15) is 30.0 Å². The number of phenols is 2. The van der Waals surface area contributed by atoms with Gasteiger partial charge in [-0.05, 0) is 78.1 Å². The molecule has 0 saturated heterocycles. The maximum absolute atomic E-state index is 10.7. The van der Waals surface area contributed by atoms with Crippen LogP contribution in [0.4, 0.5) is 17.1 Å². The predicted octanol–water partition coefficient (Wildman–Crippen LogP) is 7.38. The first-order valence-corrected chi connectivity index (χ1v) is 12.3. The van der Waals surface area contributed by atoms with Crippen molar-refractivity contribution in [1.29, 1.82) is 0 Å². The minimum absolute atomic E-state index is 0.0147. The number of benzene rings is 4. The topological polar surface area (TPSA) is 118 Å². The van der Waals surface area contributed by atoms with E-state index < -0.39 is 4.92 Å². The molecule has 4 aromatic rings. The van der Waals surface area contributed by atoms with Crippen molar-refractivity contribution in [1.82, 2.24) is 0 Å². The van der Waals surface area contributed by atoms with Crippen molar-refractivity contribution in [2.45, 2.75) is 25.2 Å². The Morgan fingerprint density at radius 1 is 0.737 bits per heavy atom. The second kappa shape index (κ2) is 12.1. The quantitative estimate of drug-likeness (QED) is 0.0943. The molecule has 0 fully saturated rings. The van der Waals surface area contributed by atoms with Crippen LogP contribution in [0.2, 0.25) is 0 Å². The Morgan fingerprint density at radius 3 is 1.68 bits per heavy atom. The van der Waals surface area contributed by atoms with Gasteiger partial charge in [-0.2, -0.15) is 10.2 Å². The second-order valence-corrected chi connectivity index (χ2v) is 9.18. The van der Waals surface area contributed by atoms with Gasteiger partial charge in [0.15, 0.2) is 0 Å². The summed E-state index contributed by atoms with van der Waals surface area (Å²) in [6.07, 6.45) is 1.47. The summed E-state index contributed by atoms with van der Waals surface area (Å²) in [5, 5.41) is 38.5. The van der Waals surface area contributed by atoms with Gasteiger partial charge in [-0.25, -0.2) is 0 Å². The minimum atomic E-state index is -0.451. The molecule has 0 spiro atoms. The van der Waals surface area contributed by atoms with Gasteiger partial charge in [-0.15, -0.1) is 0 Å². The van der Waals surface area contributed by atoms with E-state index in [0.717, 1.165) is 29.5 Å². The van der Waals surface area contributed by atoms with Crippen LogP contribution in [0.25, 0.3) is 0 Å². The molecule has 0 atom stereocenters. The predicted molar refractivity (Wildman–Crippen MR) is 146 cm³/mol. The minimum Gasteiger partial charge on any atom is -0.508 e. The molecule has 0 amide bonds. The highest BCUT2D eigenvalue weighted by Gasteiger charge is 2.28. The zero-order chi connectivity index (χ0) is 27.0. The van der Waals surface area contributed by atoms with E-state index in [1.54, 1.807) is 36.4 Å². The normalized spacial score (nSPS) is 11.6. The first kappa shape index (κ1) is 26.5. The van der Waals surface area contributed by atoms with Crippen LogP contribution < -0.4 is 0 Å². The zero-order valence-corrected chi connectivity index (χ0v) is 21.0. The van der Waals surface area contributed by atoms with Crippen molar-refractivity contribution >= 4 is 17.1 Å². The summed E-state index contributed by atoms with van der Waals surface area (Å²) >= 11 is 0. The fourth-order valence-corrected chi connectivity index (χ4v) is 4.17. The molecule has 2 N–H and O–H groups in total.